The number of hydrogen-bond donors (Lipinski definition) is 1. The van der Waals surface area contributed by atoms with Crippen molar-refractivity contribution in [1.82, 2.24) is 20.0 Å². The molecule has 7 nitrogen and oxygen atoms in total. The molecule has 198 valence electrons. The van der Waals surface area contributed by atoms with Crippen molar-refractivity contribution in [2.45, 2.75) is 26.1 Å². The van der Waals surface area contributed by atoms with Gasteiger partial charge in [-0.05, 0) is 56.3 Å². The van der Waals surface area contributed by atoms with Crippen molar-refractivity contribution in [2.24, 2.45) is 0 Å². The summed E-state index contributed by atoms with van der Waals surface area (Å²) in [4.78, 5) is 28.8. The van der Waals surface area contributed by atoms with Crippen LogP contribution in [0.2, 0.25) is 5.02 Å². The number of ether oxygens (including phenoxy) is 1. The number of rotatable bonds is 6. The van der Waals surface area contributed by atoms with Crippen molar-refractivity contribution in [3.05, 3.63) is 113 Å². The van der Waals surface area contributed by atoms with E-state index in [0.717, 1.165) is 11.3 Å². The second-order valence-corrected chi connectivity index (χ2v) is 10.0. The molecule has 1 aliphatic heterocycles. The lowest BCUT2D eigenvalue weighted by Gasteiger charge is -2.35. The summed E-state index contributed by atoms with van der Waals surface area (Å²) in [5.74, 6) is -0.692. The SMILES string of the molecule is C[C@@H]1CN(C(=O)/C(=C/c2cn(-c3ccccc3)nc2-c2ccccc2)NC(=O)c2ccc(Cl)cc2)C[C@@H](C)O1. The van der Waals surface area contributed by atoms with Gasteiger partial charge in [-0.15, -0.1) is 0 Å². The van der Waals surface area contributed by atoms with Gasteiger partial charge >= 0.3 is 0 Å². The van der Waals surface area contributed by atoms with Gasteiger partial charge in [0.1, 0.15) is 11.4 Å². The van der Waals surface area contributed by atoms with Gasteiger partial charge in [0.2, 0.25) is 0 Å². The first-order chi connectivity index (χ1) is 18.9. The van der Waals surface area contributed by atoms with Crippen LogP contribution in [0.3, 0.4) is 0 Å². The summed E-state index contributed by atoms with van der Waals surface area (Å²) < 4.78 is 7.60. The van der Waals surface area contributed by atoms with E-state index in [1.807, 2.05) is 80.7 Å². The average molecular weight is 541 g/mol. The van der Waals surface area contributed by atoms with Crippen LogP contribution in [0.4, 0.5) is 0 Å². The fraction of sp³-hybridized carbons (Fsp3) is 0.194. The summed E-state index contributed by atoms with van der Waals surface area (Å²) in [6, 6.07) is 26.0. The van der Waals surface area contributed by atoms with Crippen LogP contribution < -0.4 is 5.32 Å². The minimum absolute atomic E-state index is 0.119. The normalized spacial score (nSPS) is 17.6. The standard InChI is InChI=1S/C31H29ClN4O3/c1-21-18-35(19-22(2)39-21)31(38)28(33-30(37)24-13-15-26(32)16-14-24)17-25-20-36(27-11-7-4-8-12-27)34-29(25)23-9-5-3-6-10-23/h3-17,20-22H,18-19H2,1-2H3,(H,33,37)/b28-17-/t21-,22-/m1/s1. The third-order valence-electron chi connectivity index (χ3n) is 6.40. The number of para-hydroxylation sites is 1. The molecule has 0 radical (unpaired) electrons. The highest BCUT2D eigenvalue weighted by molar-refractivity contribution is 6.30. The molecule has 4 aromatic rings. The van der Waals surface area contributed by atoms with E-state index in [2.05, 4.69) is 5.32 Å². The molecular formula is C31H29ClN4O3. The Labute approximate surface area is 232 Å². The lowest BCUT2D eigenvalue weighted by Crippen LogP contribution is -2.50. The monoisotopic (exact) mass is 540 g/mol. The van der Waals surface area contributed by atoms with E-state index in [-0.39, 0.29) is 23.8 Å². The van der Waals surface area contributed by atoms with Crippen LogP contribution in [0.1, 0.15) is 29.8 Å². The van der Waals surface area contributed by atoms with E-state index in [4.69, 9.17) is 21.4 Å². The Bertz CT molecular complexity index is 1470. The van der Waals surface area contributed by atoms with Crippen LogP contribution in [0.15, 0.2) is 96.8 Å². The maximum absolute atomic E-state index is 13.9. The number of halogens is 1. The van der Waals surface area contributed by atoms with Gasteiger partial charge in [-0.1, -0.05) is 60.1 Å². The third-order valence-corrected chi connectivity index (χ3v) is 6.65. The van der Waals surface area contributed by atoms with Gasteiger partial charge in [-0.25, -0.2) is 4.68 Å². The van der Waals surface area contributed by atoms with Crippen molar-refractivity contribution >= 4 is 29.5 Å². The fourth-order valence-electron chi connectivity index (χ4n) is 4.64. The third kappa shape index (κ3) is 6.28. The van der Waals surface area contributed by atoms with E-state index in [0.29, 0.717) is 34.9 Å². The molecule has 1 saturated heterocycles. The van der Waals surface area contributed by atoms with E-state index < -0.39 is 5.91 Å². The Morgan fingerprint density at radius 2 is 1.54 bits per heavy atom. The molecule has 8 heteroatoms. The molecule has 0 saturated carbocycles. The number of aromatic nitrogens is 2. The number of carbonyl (C=O) groups is 2. The van der Waals surface area contributed by atoms with Gasteiger partial charge in [0.25, 0.3) is 11.8 Å². The lowest BCUT2D eigenvalue weighted by molar-refractivity contribution is -0.139. The topological polar surface area (TPSA) is 76.5 Å². The van der Waals surface area contributed by atoms with Gasteiger partial charge in [-0.3, -0.25) is 9.59 Å². The van der Waals surface area contributed by atoms with Crippen LogP contribution in [-0.2, 0) is 9.53 Å². The lowest BCUT2D eigenvalue weighted by atomic mass is 10.1. The second kappa shape index (κ2) is 11.7. The fourth-order valence-corrected chi connectivity index (χ4v) is 4.77. The van der Waals surface area contributed by atoms with Crippen molar-refractivity contribution in [1.29, 1.82) is 0 Å². The number of nitrogens with one attached hydrogen (secondary N) is 1. The van der Waals surface area contributed by atoms with Crippen molar-refractivity contribution in [3.8, 4) is 16.9 Å². The predicted octanol–water partition coefficient (Wildman–Crippen LogP) is 5.60. The predicted molar refractivity (Wildman–Crippen MR) is 152 cm³/mol. The van der Waals surface area contributed by atoms with Crippen LogP contribution >= 0.6 is 11.6 Å². The highest BCUT2D eigenvalue weighted by Crippen LogP contribution is 2.26. The minimum atomic E-state index is -0.405. The summed E-state index contributed by atoms with van der Waals surface area (Å²) in [6.45, 7) is 4.71. The first kappa shape index (κ1) is 26.4. The maximum atomic E-state index is 13.9. The highest BCUT2D eigenvalue weighted by Gasteiger charge is 2.29. The minimum Gasteiger partial charge on any atom is -0.372 e. The zero-order valence-electron chi connectivity index (χ0n) is 21.8. The molecular weight excluding hydrogens is 512 g/mol. The molecule has 0 unspecified atom stereocenters. The summed E-state index contributed by atoms with van der Waals surface area (Å²) in [7, 11) is 0. The average Bonchev–Trinajstić information content (AvgIpc) is 3.37. The summed E-state index contributed by atoms with van der Waals surface area (Å²) in [5.41, 5.74) is 3.70. The van der Waals surface area contributed by atoms with Gasteiger partial charge in [0.15, 0.2) is 0 Å². The molecule has 1 fully saturated rings. The molecule has 1 N–H and O–H groups in total. The Hall–Kier alpha value is -4.20. The number of hydrogen-bond acceptors (Lipinski definition) is 4. The largest absolute Gasteiger partial charge is 0.372 e. The molecule has 1 aliphatic rings. The van der Waals surface area contributed by atoms with Gasteiger partial charge in [0.05, 0.1) is 17.9 Å². The molecule has 2 amide bonds. The number of nitrogens with zero attached hydrogens (tertiary/aromatic N) is 3. The first-order valence-electron chi connectivity index (χ1n) is 12.8. The summed E-state index contributed by atoms with van der Waals surface area (Å²) >= 11 is 6.01. The molecule has 2 atom stereocenters. The quantitative estimate of drug-likeness (QED) is 0.323. The Kier molecular flexibility index (Phi) is 7.91. The smallest absolute Gasteiger partial charge is 0.270 e. The Morgan fingerprint density at radius 1 is 0.923 bits per heavy atom. The molecule has 39 heavy (non-hydrogen) atoms. The highest BCUT2D eigenvalue weighted by atomic mass is 35.5. The molecule has 2 heterocycles. The maximum Gasteiger partial charge on any atom is 0.270 e. The number of morpholine rings is 1. The zero-order chi connectivity index (χ0) is 27.4. The van der Waals surface area contributed by atoms with Crippen molar-refractivity contribution in [3.63, 3.8) is 0 Å². The molecule has 0 bridgehead atoms. The Balaban J connectivity index is 1.59. The van der Waals surface area contributed by atoms with E-state index in [1.54, 1.807) is 39.9 Å². The molecule has 5 rings (SSSR count). The van der Waals surface area contributed by atoms with Crippen LogP contribution in [-0.4, -0.2) is 51.8 Å². The number of benzene rings is 3. The number of amides is 2. The van der Waals surface area contributed by atoms with Crippen LogP contribution in [0, 0.1) is 0 Å². The van der Waals surface area contributed by atoms with Crippen molar-refractivity contribution in [2.75, 3.05) is 13.1 Å². The molecule has 0 aliphatic carbocycles. The summed E-state index contributed by atoms with van der Waals surface area (Å²) in [6.07, 6.45) is 3.33. The van der Waals surface area contributed by atoms with Gasteiger partial charge < -0.3 is 15.0 Å². The Morgan fingerprint density at radius 3 is 2.18 bits per heavy atom. The molecule has 3 aromatic carbocycles. The molecule has 0 spiro atoms. The molecule has 1 aromatic heterocycles. The van der Waals surface area contributed by atoms with E-state index in [1.165, 1.54) is 0 Å². The van der Waals surface area contributed by atoms with Crippen molar-refractivity contribution < 1.29 is 14.3 Å². The van der Waals surface area contributed by atoms with Gasteiger partial charge in [-0.2, -0.15) is 5.10 Å². The second-order valence-electron chi connectivity index (χ2n) is 9.57. The zero-order valence-corrected chi connectivity index (χ0v) is 22.5. The van der Waals surface area contributed by atoms with E-state index >= 15 is 0 Å². The first-order valence-corrected chi connectivity index (χ1v) is 13.2. The van der Waals surface area contributed by atoms with E-state index in [9.17, 15) is 9.59 Å². The van der Waals surface area contributed by atoms with Crippen LogP contribution in [0.25, 0.3) is 23.0 Å². The number of carbonyl (C=O) groups excluding carboxylic acids is 2. The summed E-state index contributed by atoms with van der Waals surface area (Å²) in [5, 5.41) is 8.24. The van der Waals surface area contributed by atoms with Crippen LogP contribution in [0.5, 0.6) is 0 Å². The van der Waals surface area contributed by atoms with Gasteiger partial charge in [0, 0.05) is 41.0 Å².